The number of hydrogen-bond donors (Lipinski definition) is 5. The molecule has 0 bridgehead atoms. The number of amidine groups is 1. The van der Waals surface area contributed by atoms with E-state index in [4.69, 9.17) is 11.1 Å². The standard InChI is InChI=1S/C22H22N4O5S/c23-21(24)16-7-5-14(6-8-16)11-19(22(28)29)26-20(27)13-25-32(30,31)18-10-9-15-3-1-2-4-17(15)12-18/h1-10,12,19,25H,11,13H2,(H3,23,24)(H,26,27)(H,28,29). The molecule has 166 valence electrons. The highest BCUT2D eigenvalue weighted by Crippen LogP contribution is 2.18. The molecule has 1 amide bonds. The first-order chi connectivity index (χ1) is 15.2. The fourth-order valence-electron chi connectivity index (χ4n) is 3.08. The van der Waals surface area contributed by atoms with Crippen LogP contribution in [0.1, 0.15) is 11.1 Å². The number of carbonyl (C=O) groups excluding carboxylic acids is 1. The molecule has 3 rings (SSSR count). The maximum atomic E-state index is 12.5. The number of nitrogen functional groups attached to an aromatic ring is 1. The van der Waals surface area contributed by atoms with E-state index in [0.29, 0.717) is 11.1 Å². The first-order valence-electron chi connectivity index (χ1n) is 9.60. The summed E-state index contributed by atoms with van der Waals surface area (Å²) in [5.41, 5.74) is 6.50. The van der Waals surface area contributed by atoms with Crippen LogP contribution in [0.2, 0.25) is 0 Å². The number of benzene rings is 3. The number of rotatable bonds is 9. The van der Waals surface area contributed by atoms with E-state index in [1.54, 1.807) is 42.5 Å². The first-order valence-corrected chi connectivity index (χ1v) is 11.1. The van der Waals surface area contributed by atoms with E-state index < -0.39 is 34.5 Å². The molecule has 10 heteroatoms. The van der Waals surface area contributed by atoms with E-state index in [0.717, 1.165) is 10.8 Å². The zero-order chi connectivity index (χ0) is 23.3. The molecule has 0 aliphatic carbocycles. The highest BCUT2D eigenvalue weighted by Gasteiger charge is 2.22. The molecule has 0 spiro atoms. The number of fused-ring (bicyclic) bond motifs is 1. The van der Waals surface area contributed by atoms with Gasteiger partial charge in [-0.05, 0) is 28.5 Å². The Balaban J connectivity index is 1.63. The summed E-state index contributed by atoms with van der Waals surface area (Å²) in [7, 11) is -3.96. The van der Waals surface area contributed by atoms with Gasteiger partial charge in [-0.15, -0.1) is 0 Å². The van der Waals surface area contributed by atoms with Gasteiger partial charge in [0.1, 0.15) is 11.9 Å². The first kappa shape index (κ1) is 22.9. The number of carboxylic acid groups (broad SMARTS) is 1. The highest BCUT2D eigenvalue weighted by molar-refractivity contribution is 7.89. The summed E-state index contributed by atoms with van der Waals surface area (Å²) in [6.07, 6.45) is -0.0172. The Kier molecular flexibility index (Phi) is 6.86. The van der Waals surface area contributed by atoms with Gasteiger partial charge in [-0.25, -0.2) is 17.9 Å². The number of hydrogen-bond acceptors (Lipinski definition) is 5. The molecule has 0 radical (unpaired) electrons. The second kappa shape index (κ2) is 9.58. The second-order valence-corrected chi connectivity index (χ2v) is 8.87. The smallest absolute Gasteiger partial charge is 0.326 e. The topological polar surface area (TPSA) is 162 Å². The molecule has 0 saturated carbocycles. The van der Waals surface area contributed by atoms with Gasteiger partial charge in [0.05, 0.1) is 11.4 Å². The molecule has 0 fully saturated rings. The Morgan fingerprint density at radius 1 is 1.00 bits per heavy atom. The third-order valence-corrected chi connectivity index (χ3v) is 6.19. The normalized spacial score (nSPS) is 12.2. The van der Waals surface area contributed by atoms with E-state index in [1.807, 2.05) is 12.1 Å². The summed E-state index contributed by atoms with van der Waals surface area (Å²) in [5.74, 6) is -2.15. The number of nitrogens with two attached hydrogens (primary N) is 1. The van der Waals surface area contributed by atoms with Crippen LogP contribution < -0.4 is 15.8 Å². The monoisotopic (exact) mass is 454 g/mol. The molecule has 32 heavy (non-hydrogen) atoms. The molecule has 0 heterocycles. The minimum atomic E-state index is -3.96. The van der Waals surface area contributed by atoms with Gasteiger partial charge in [0.15, 0.2) is 0 Å². The molecule has 1 atom stereocenters. The molecule has 0 aromatic heterocycles. The number of amides is 1. The lowest BCUT2D eigenvalue weighted by atomic mass is 10.0. The number of nitrogens with one attached hydrogen (secondary N) is 3. The minimum Gasteiger partial charge on any atom is -0.480 e. The summed E-state index contributed by atoms with van der Waals surface area (Å²) in [6, 6.07) is 17.0. The van der Waals surface area contributed by atoms with Crippen LogP contribution in [0, 0.1) is 5.41 Å². The predicted molar refractivity (Wildman–Crippen MR) is 120 cm³/mol. The second-order valence-electron chi connectivity index (χ2n) is 7.11. The molecular weight excluding hydrogens is 432 g/mol. The largest absolute Gasteiger partial charge is 0.480 e. The van der Waals surface area contributed by atoms with Gasteiger partial charge in [-0.2, -0.15) is 0 Å². The Labute approximate surface area is 184 Å². The van der Waals surface area contributed by atoms with Crippen LogP contribution in [0.4, 0.5) is 0 Å². The average Bonchev–Trinajstić information content (AvgIpc) is 2.77. The molecule has 3 aromatic carbocycles. The Hall–Kier alpha value is -3.76. The van der Waals surface area contributed by atoms with Crippen LogP contribution in [0.5, 0.6) is 0 Å². The lowest BCUT2D eigenvalue weighted by Crippen LogP contribution is -2.46. The van der Waals surface area contributed by atoms with Crippen molar-refractivity contribution in [2.75, 3.05) is 6.54 Å². The zero-order valence-corrected chi connectivity index (χ0v) is 17.7. The lowest BCUT2D eigenvalue weighted by Gasteiger charge is -2.15. The van der Waals surface area contributed by atoms with Crippen molar-refractivity contribution in [3.63, 3.8) is 0 Å². The van der Waals surface area contributed by atoms with E-state index in [1.165, 1.54) is 12.1 Å². The molecule has 0 aliphatic rings. The predicted octanol–water partition coefficient (Wildman–Crippen LogP) is 1.21. The maximum absolute atomic E-state index is 12.5. The Bertz CT molecular complexity index is 1270. The number of carboxylic acids is 1. The average molecular weight is 455 g/mol. The van der Waals surface area contributed by atoms with Gasteiger partial charge in [-0.3, -0.25) is 10.2 Å². The van der Waals surface area contributed by atoms with Gasteiger partial charge >= 0.3 is 5.97 Å². The third kappa shape index (κ3) is 5.68. The van der Waals surface area contributed by atoms with Crippen LogP contribution in [-0.2, 0) is 26.0 Å². The van der Waals surface area contributed by atoms with Crippen molar-refractivity contribution in [3.05, 3.63) is 77.9 Å². The number of sulfonamides is 1. The van der Waals surface area contributed by atoms with Gasteiger partial charge in [0.25, 0.3) is 0 Å². The summed E-state index contributed by atoms with van der Waals surface area (Å²) in [5, 5.41) is 20.7. The Morgan fingerprint density at radius 3 is 2.28 bits per heavy atom. The minimum absolute atomic E-state index is 0.00402. The molecular formula is C22H22N4O5S. The van der Waals surface area contributed by atoms with E-state index in [2.05, 4.69) is 10.0 Å². The van der Waals surface area contributed by atoms with Gasteiger partial charge in [0, 0.05) is 12.0 Å². The van der Waals surface area contributed by atoms with Gasteiger partial charge in [-0.1, -0.05) is 54.6 Å². The SMILES string of the molecule is N=C(N)c1ccc(CC(NC(=O)CNS(=O)(=O)c2ccc3ccccc3c2)C(=O)O)cc1. The van der Waals surface area contributed by atoms with Crippen molar-refractivity contribution in [3.8, 4) is 0 Å². The van der Waals surface area contributed by atoms with Crippen molar-refractivity contribution in [1.82, 2.24) is 10.0 Å². The summed E-state index contributed by atoms with van der Waals surface area (Å²) >= 11 is 0. The lowest BCUT2D eigenvalue weighted by molar-refractivity contribution is -0.141. The van der Waals surface area contributed by atoms with Gasteiger partial charge < -0.3 is 16.2 Å². The maximum Gasteiger partial charge on any atom is 0.326 e. The van der Waals surface area contributed by atoms with Crippen molar-refractivity contribution in [2.24, 2.45) is 5.73 Å². The molecule has 0 saturated heterocycles. The number of carbonyl (C=O) groups is 2. The van der Waals surface area contributed by atoms with Crippen molar-refractivity contribution >= 4 is 38.5 Å². The fourth-order valence-corrected chi connectivity index (χ4v) is 4.10. The quantitative estimate of drug-likeness (QED) is 0.241. The third-order valence-electron chi connectivity index (χ3n) is 4.79. The zero-order valence-electron chi connectivity index (χ0n) is 16.9. The van der Waals surface area contributed by atoms with Crippen molar-refractivity contribution < 1.29 is 23.1 Å². The molecule has 6 N–H and O–H groups in total. The van der Waals surface area contributed by atoms with E-state index in [9.17, 15) is 23.1 Å². The van der Waals surface area contributed by atoms with Crippen LogP contribution >= 0.6 is 0 Å². The molecule has 1 unspecified atom stereocenters. The van der Waals surface area contributed by atoms with E-state index >= 15 is 0 Å². The van der Waals surface area contributed by atoms with E-state index in [-0.39, 0.29) is 17.2 Å². The molecule has 9 nitrogen and oxygen atoms in total. The summed E-state index contributed by atoms with van der Waals surface area (Å²) < 4.78 is 27.3. The Morgan fingerprint density at radius 2 is 1.66 bits per heavy atom. The van der Waals surface area contributed by atoms with Crippen LogP contribution in [0.15, 0.2) is 71.6 Å². The van der Waals surface area contributed by atoms with Crippen LogP contribution in [0.25, 0.3) is 10.8 Å². The fraction of sp³-hybridized carbons (Fsp3) is 0.136. The number of aliphatic carboxylic acids is 1. The van der Waals surface area contributed by atoms with Crippen molar-refractivity contribution in [2.45, 2.75) is 17.4 Å². The van der Waals surface area contributed by atoms with Crippen LogP contribution in [-0.4, -0.2) is 43.8 Å². The highest BCUT2D eigenvalue weighted by atomic mass is 32.2. The molecule has 0 aliphatic heterocycles. The van der Waals surface area contributed by atoms with Crippen LogP contribution in [0.3, 0.4) is 0 Å². The van der Waals surface area contributed by atoms with Crippen molar-refractivity contribution in [1.29, 1.82) is 5.41 Å². The molecule has 3 aromatic rings. The van der Waals surface area contributed by atoms with Gasteiger partial charge in [0.2, 0.25) is 15.9 Å². The summed E-state index contributed by atoms with van der Waals surface area (Å²) in [6.45, 7) is -0.609. The summed E-state index contributed by atoms with van der Waals surface area (Å²) in [4.78, 5) is 23.8.